The average molecular weight is 396 g/mol. The van der Waals surface area contributed by atoms with E-state index in [4.69, 9.17) is 14.2 Å². The average Bonchev–Trinajstić information content (AvgIpc) is 2.73. The third-order valence-corrected chi connectivity index (χ3v) is 4.78. The molecule has 0 unspecified atom stereocenters. The molecule has 0 radical (unpaired) electrons. The van der Waals surface area contributed by atoms with Crippen LogP contribution < -0.4 is 0 Å². The van der Waals surface area contributed by atoms with Gasteiger partial charge in [-0.3, -0.25) is 4.79 Å². The molecular weight excluding hydrogens is 372 g/mol. The summed E-state index contributed by atoms with van der Waals surface area (Å²) in [6.07, 6.45) is 0.319. The second-order valence-electron chi connectivity index (χ2n) is 7.46. The molecule has 29 heavy (non-hydrogen) atoms. The predicted molar refractivity (Wildman–Crippen MR) is 104 cm³/mol. The highest BCUT2D eigenvalue weighted by atomic mass is 16.7. The third-order valence-electron chi connectivity index (χ3n) is 4.78. The molecule has 0 N–H and O–H groups in total. The number of cyclic esters (lactones) is 1. The van der Waals surface area contributed by atoms with E-state index in [0.717, 1.165) is 11.1 Å². The van der Waals surface area contributed by atoms with Crippen LogP contribution in [0.2, 0.25) is 0 Å². The first kappa shape index (κ1) is 20.6. The Bertz CT molecular complexity index is 804. The van der Waals surface area contributed by atoms with Crippen LogP contribution in [-0.4, -0.2) is 23.5 Å². The van der Waals surface area contributed by atoms with Crippen LogP contribution in [0.5, 0.6) is 0 Å². The van der Waals surface area contributed by atoms with E-state index in [0.29, 0.717) is 6.42 Å². The van der Waals surface area contributed by atoms with E-state index in [-0.39, 0.29) is 19.1 Å². The molecule has 0 aliphatic carbocycles. The summed E-state index contributed by atoms with van der Waals surface area (Å²) in [5.74, 6) is -3.23. The second kappa shape index (κ2) is 8.90. The van der Waals surface area contributed by atoms with Crippen LogP contribution in [-0.2, 0) is 41.8 Å². The lowest BCUT2D eigenvalue weighted by molar-refractivity contribution is -0.235. The molecule has 0 amide bonds. The highest BCUT2D eigenvalue weighted by molar-refractivity contribution is 6.13. The number of benzene rings is 2. The fourth-order valence-corrected chi connectivity index (χ4v) is 3.25. The summed E-state index contributed by atoms with van der Waals surface area (Å²) in [6.45, 7) is 3.75. The van der Waals surface area contributed by atoms with Crippen molar-refractivity contribution in [3.05, 3.63) is 71.8 Å². The van der Waals surface area contributed by atoms with Crippen LogP contribution in [0.1, 0.15) is 31.4 Å². The lowest BCUT2D eigenvalue weighted by Gasteiger charge is -2.43. The zero-order chi connectivity index (χ0) is 20.9. The molecule has 1 saturated heterocycles. The van der Waals surface area contributed by atoms with Crippen molar-refractivity contribution in [3.63, 3.8) is 0 Å². The maximum absolute atomic E-state index is 12.9. The molecular formula is C23H24O6. The molecule has 0 spiro atoms. The van der Waals surface area contributed by atoms with Gasteiger partial charge in [0.1, 0.15) is 19.1 Å². The highest BCUT2D eigenvalue weighted by Gasteiger charge is 2.69. The van der Waals surface area contributed by atoms with Crippen LogP contribution >= 0.6 is 0 Å². The fourth-order valence-electron chi connectivity index (χ4n) is 3.25. The van der Waals surface area contributed by atoms with Gasteiger partial charge in [-0.05, 0) is 23.5 Å². The number of esters is 3. The quantitative estimate of drug-likeness (QED) is 0.386. The summed E-state index contributed by atoms with van der Waals surface area (Å²) < 4.78 is 15.9. The van der Waals surface area contributed by atoms with Gasteiger partial charge < -0.3 is 14.2 Å². The fraction of sp³-hybridized carbons (Fsp3) is 0.348. The van der Waals surface area contributed by atoms with Gasteiger partial charge in [-0.25, -0.2) is 9.59 Å². The maximum atomic E-state index is 12.9. The summed E-state index contributed by atoms with van der Waals surface area (Å²) in [6, 6.07) is 18.2. The summed E-state index contributed by atoms with van der Waals surface area (Å²) in [5.41, 5.74) is -0.523. The van der Waals surface area contributed by atoms with Crippen LogP contribution in [0.3, 0.4) is 0 Å². The number of carbonyl (C=O) groups is 3. The molecule has 6 heteroatoms. The van der Waals surface area contributed by atoms with Gasteiger partial charge >= 0.3 is 23.5 Å². The van der Waals surface area contributed by atoms with Gasteiger partial charge in [-0.15, -0.1) is 0 Å². The van der Waals surface area contributed by atoms with Gasteiger partial charge in [0.25, 0.3) is 0 Å². The molecule has 0 aromatic heterocycles. The van der Waals surface area contributed by atoms with E-state index in [2.05, 4.69) is 0 Å². The Morgan fingerprint density at radius 2 is 1.34 bits per heavy atom. The van der Waals surface area contributed by atoms with Crippen LogP contribution in [0.4, 0.5) is 0 Å². The zero-order valence-electron chi connectivity index (χ0n) is 16.5. The van der Waals surface area contributed by atoms with Gasteiger partial charge in [0.15, 0.2) is 0 Å². The zero-order valence-corrected chi connectivity index (χ0v) is 16.5. The number of ether oxygens (including phenoxy) is 3. The maximum Gasteiger partial charge on any atom is 0.363 e. The molecule has 1 aliphatic rings. The molecule has 2 aromatic carbocycles. The van der Waals surface area contributed by atoms with Gasteiger partial charge in [0, 0.05) is 0 Å². The van der Waals surface area contributed by atoms with Crippen LogP contribution in [0.25, 0.3) is 0 Å². The van der Waals surface area contributed by atoms with Crippen molar-refractivity contribution in [1.29, 1.82) is 0 Å². The topological polar surface area (TPSA) is 78.9 Å². The SMILES string of the molecule is CC(C)C[C@H]1C(=O)OC1(C(=O)OCc1ccccc1)C(=O)OCc1ccccc1. The standard InChI is InChI=1S/C23H24O6/c1-16(2)13-19-20(24)29-23(19,21(25)27-14-17-9-5-3-6-10-17)22(26)28-15-18-11-7-4-8-12-18/h3-12,16,19H,13-15H2,1-2H3/t19-/m0/s1. The Kier molecular flexibility index (Phi) is 6.32. The molecule has 0 saturated carbocycles. The van der Waals surface area contributed by atoms with E-state index in [9.17, 15) is 14.4 Å². The first-order valence-corrected chi connectivity index (χ1v) is 9.58. The molecule has 1 fully saturated rings. The van der Waals surface area contributed by atoms with E-state index >= 15 is 0 Å². The summed E-state index contributed by atoms with van der Waals surface area (Å²) in [7, 11) is 0. The van der Waals surface area contributed by atoms with E-state index in [1.165, 1.54) is 0 Å². The smallest absolute Gasteiger partial charge is 0.363 e. The van der Waals surface area contributed by atoms with Gasteiger partial charge in [-0.2, -0.15) is 0 Å². The van der Waals surface area contributed by atoms with Crippen molar-refractivity contribution >= 4 is 17.9 Å². The van der Waals surface area contributed by atoms with Crippen molar-refractivity contribution < 1.29 is 28.6 Å². The molecule has 1 heterocycles. The van der Waals surface area contributed by atoms with Crippen LogP contribution in [0, 0.1) is 11.8 Å². The lowest BCUT2D eigenvalue weighted by atomic mass is 9.76. The molecule has 6 nitrogen and oxygen atoms in total. The molecule has 1 aliphatic heterocycles. The summed E-state index contributed by atoms with van der Waals surface area (Å²) in [4.78, 5) is 37.9. The summed E-state index contributed by atoms with van der Waals surface area (Å²) in [5, 5.41) is 0. The van der Waals surface area contributed by atoms with Crippen molar-refractivity contribution in [2.75, 3.05) is 0 Å². The van der Waals surface area contributed by atoms with E-state index in [1.54, 1.807) is 24.3 Å². The van der Waals surface area contributed by atoms with Gasteiger partial charge in [-0.1, -0.05) is 74.5 Å². The van der Waals surface area contributed by atoms with E-state index < -0.39 is 29.4 Å². The van der Waals surface area contributed by atoms with E-state index in [1.807, 2.05) is 50.2 Å². The third kappa shape index (κ3) is 4.47. The molecule has 1 atom stereocenters. The van der Waals surface area contributed by atoms with Crippen molar-refractivity contribution in [1.82, 2.24) is 0 Å². The van der Waals surface area contributed by atoms with Gasteiger partial charge in [0.05, 0.1) is 0 Å². The Hall–Kier alpha value is -3.15. The number of hydrogen-bond donors (Lipinski definition) is 0. The summed E-state index contributed by atoms with van der Waals surface area (Å²) >= 11 is 0. The largest absolute Gasteiger partial charge is 0.457 e. The normalized spacial score (nSPS) is 17.2. The first-order valence-electron chi connectivity index (χ1n) is 9.58. The second-order valence-corrected chi connectivity index (χ2v) is 7.46. The Labute approximate surface area is 169 Å². The van der Waals surface area contributed by atoms with Crippen molar-refractivity contribution in [2.45, 2.75) is 39.1 Å². The molecule has 3 rings (SSSR count). The van der Waals surface area contributed by atoms with Gasteiger partial charge in [0.2, 0.25) is 0 Å². The first-order chi connectivity index (χ1) is 13.9. The molecule has 152 valence electrons. The number of rotatable bonds is 8. The predicted octanol–water partition coefficient (Wildman–Crippen LogP) is 3.43. The highest BCUT2D eigenvalue weighted by Crippen LogP contribution is 2.41. The minimum atomic E-state index is -2.05. The Morgan fingerprint density at radius 1 is 0.897 bits per heavy atom. The molecule has 2 aromatic rings. The lowest BCUT2D eigenvalue weighted by Crippen LogP contribution is -2.68. The minimum absolute atomic E-state index is 0.0284. The van der Waals surface area contributed by atoms with Crippen LogP contribution in [0.15, 0.2) is 60.7 Å². The number of carbonyl (C=O) groups excluding carboxylic acids is 3. The van der Waals surface area contributed by atoms with Crippen molar-refractivity contribution in [3.8, 4) is 0 Å². The molecule has 0 bridgehead atoms. The Morgan fingerprint density at radius 3 is 1.72 bits per heavy atom. The monoisotopic (exact) mass is 396 g/mol. The minimum Gasteiger partial charge on any atom is -0.457 e. The number of hydrogen-bond acceptors (Lipinski definition) is 6. The Balaban J connectivity index is 1.77. The van der Waals surface area contributed by atoms with Crippen molar-refractivity contribution in [2.24, 2.45) is 11.8 Å².